The van der Waals surface area contributed by atoms with Gasteiger partial charge in [-0.2, -0.15) is 13.2 Å². The molecule has 1 aliphatic heterocycles. The molecule has 0 unspecified atom stereocenters. The first-order chi connectivity index (χ1) is 9.73. The Hall–Kier alpha value is -0.540. The monoisotopic (exact) mass is 435 g/mol. The van der Waals surface area contributed by atoms with Crippen molar-refractivity contribution >= 4 is 40.2 Å². The first kappa shape index (κ1) is 18.5. The van der Waals surface area contributed by atoms with Gasteiger partial charge in [0.05, 0.1) is 5.02 Å². The second-order valence-electron chi connectivity index (χ2n) is 4.47. The summed E-state index contributed by atoms with van der Waals surface area (Å²) in [4.78, 5) is 8.90. The fourth-order valence-corrected chi connectivity index (χ4v) is 2.77. The highest BCUT2D eigenvalue weighted by atomic mass is 127. The van der Waals surface area contributed by atoms with Crippen molar-refractivity contribution in [1.82, 2.24) is 5.32 Å². The van der Waals surface area contributed by atoms with Crippen molar-refractivity contribution in [2.75, 3.05) is 13.1 Å². The number of carboxylic acid groups (broad SMARTS) is 1. The van der Waals surface area contributed by atoms with E-state index in [0.29, 0.717) is 5.92 Å². The van der Waals surface area contributed by atoms with Gasteiger partial charge in [0.2, 0.25) is 0 Å². The molecule has 0 aromatic heterocycles. The SMILES string of the molecule is Clc1c(I)cccc1C1CCNCC1.O=C(O)C(F)(F)F. The third-order valence-electron chi connectivity index (χ3n) is 3.00. The summed E-state index contributed by atoms with van der Waals surface area (Å²) in [6, 6.07) is 6.33. The van der Waals surface area contributed by atoms with Crippen LogP contribution in [0.4, 0.5) is 13.2 Å². The maximum absolute atomic E-state index is 10.6. The third-order valence-corrected chi connectivity index (χ3v) is 4.64. The predicted octanol–water partition coefficient (Wildman–Crippen LogP) is 4.04. The van der Waals surface area contributed by atoms with E-state index in [-0.39, 0.29) is 0 Å². The molecule has 1 aromatic carbocycles. The Morgan fingerprint density at radius 3 is 2.33 bits per heavy atom. The van der Waals surface area contributed by atoms with Gasteiger partial charge in [-0.15, -0.1) is 0 Å². The van der Waals surface area contributed by atoms with Crippen LogP contribution in [0.1, 0.15) is 24.3 Å². The number of benzene rings is 1. The van der Waals surface area contributed by atoms with Gasteiger partial charge in [-0.3, -0.25) is 0 Å². The van der Waals surface area contributed by atoms with Crippen LogP contribution in [0, 0.1) is 3.57 Å². The molecule has 1 aliphatic rings. The summed E-state index contributed by atoms with van der Waals surface area (Å²) in [6.45, 7) is 2.24. The molecule has 0 bridgehead atoms. The minimum atomic E-state index is -5.08. The van der Waals surface area contributed by atoms with Crippen molar-refractivity contribution in [1.29, 1.82) is 0 Å². The number of nitrogens with one attached hydrogen (secondary N) is 1. The molecule has 1 fully saturated rings. The van der Waals surface area contributed by atoms with E-state index in [4.69, 9.17) is 21.5 Å². The average molecular weight is 436 g/mol. The second kappa shape index (κ2) is 8.19. The molecule has 3 nitrogen and oxygen atoms in total. The zero-order valence-electron chi connectivity index (χ0n) is 10.9. The average Bonchev–Trinajstić information content (AvgIpc) is 2.42. The molecule has 0 spiro atoms. The van der Waals surface area contributed by atoms with Gasteiger partial charge in [0.1, 0.15) is 0 Å². The van der Waals surface area contributed by atoms with Crippen LogP contribution >= 0.6 is 34.2 Å². The highest BCUT2D eigenvalue weighted by molar-refractivity contribution is 14.1. The number of piperidine rings is 1. The van der Waals surface area contributed by atoms with Crippen LogP contribution in [-0.2, 0) is 4.79 Å². The Kier molecular flexibility index (Phi) is 7.22. The number of aliphatic carboxylic acids is 1. The van der Waals surface area contributed by atoms with Crippen molar-refractivity contribution < 1.29 is 23.1 Å². The number of rotatable bonds is 1. The van der Waals surface area contributed by atoms with E-state index in [2.05, 4.69) is 46.1 Å². The van der Waals surface area contributed by atoms with Crippen LogP contribution in [-0.4, -0.2) is 30.3 Å². The largest absolute Gasteiger partial charge is 0.490 e. The van der Waals surface area contributed by atoms with Gasteiger partial charge in [0.25, 0.3) is 0 Å². The van der Waals surface area contributed by atoms with Gasteiger partial charge in [-0.1, -0.05) is 23.7 Å². The summed E-state index contributed by atoms with van der Waals surface area (Å²) in [6.07, 6.45) is -2.67. The first-order valence-corrected chi connectivity index (χ1v) is 7.64. The molecule has 118 valence electrons. The molecule has 0 atom stereocenters. The molecule has 0 aliphatic carbocycles. The first-order valence-electron chi connectivity index (χ1n) is 6.18. The topological polar surface area (TPSA) is 49.3 Å². The Bertz CT molecular complexity index is 491. The summed E-state index contributed by atoms with van der Waals surface area (Å²) >= 11 is 8.60. The quantitative estimate of drug-likeness (QED) is 0.655. The Morgan fingerprint density at radius 2 is 1.86 bits per heavy atom. The van der Waals surface area contributed by atoms with E-state index in [1.165, 1.54) is 22.0 Å². The van der Waals surface area contributed by atoms with Gasteiger partial charge in [-0.25, -0.2) is 4.79 Å². The van der Waals surface area contributed by atoms with Crippen molar-refractivity contribution in [3.63, 3.8) is 0 Å². The minimum Gasteiger partial charge on any atom is -0.475 e. The zero-order valence-corrected chi connectivity index (χ0v) is 13.8. The fourth-order valence-electron chi connectivity index (χ4n) is 1.97. The molecule has 1 saturated heterocycles. The van der Waals surface area contributed by atoms with E-state index in [1.54, 1.807) is 0 Å². The number of hydrogen-bond donors (Lipinski definition) is 2. The van der Waals surface area contributed by atoms with E-state index in [0.717, 1.165) is 18.1 Å². The van der Waals surface area contributed by atoms with Gasteiger partial charge < -0.3 is 10.4 Å². The maximum Gasteiger partial charge on any atom is 0.490 e. The fraction of sp³-hybridized carbons (Fsp3) is 0.462. The number of alkyl halides is 3. The highest BCUT2D eigenvalue weighted by Crippen LogP contribution is 2.33. The highest BCUT2D eigenvalue weighted by Gasteiger charge is 2.38. The van der Waals surface area contributed by atoms with Crippen LogP contribution < -0.4 is 5.32 Å². The van der Waals surface area contributed by atoms with E-state index >= 15 is 0 Å². The summed E-state index contributed by atoms with van der Waals surface area (Å²) < 4.78 is 32.9. The van der Waals surface area contributed by atoms with Crippen LogP contribution in [0.2, 0.25) is 5.02 Å². The molecule has 0 amide bonds. The zero-order chi connectivity index (χ0) is 16.0. The van der Waals surface area contributed by atoms with E-state index in [9.17, 15) is 13.2 Å². The number of hydrogen-bond acceptors (Lipinski definition) is 2. The van der Waals surface area contributed by atoms with Crippen molar-refractivity contribution in [2.24, 2.45) is 0 Å². The number of carboxylic acids is 1. The van der Waals surface area contributed by atoms with E-state index in [1.807, 2.05) is 0 Å². The maximum atomic E-state index is 10.6. The molecular weight excluding hydrogens is 421 g/mol. The van der Waals surface area contributed by atoms with Gasteiger partial charge >= 0.3 is 12.1 Å². The smallest absolute Gasteiger partial charge is 0.475 e. The molecule has 21 heavy (non-hydrogen) atoms. The van der Waals surface area contributed by atoms with Crippen molar-refractivity contribution in [3.8, 4) is 0 Å². The predicted molar refractivity (Wildman–Crippen MR) is 82.7 cm³/mol. The molecule has 8 heteroatoms. The van der Waals surface area contributed by atoms with Crippen LogP contribution in [0.3, 0.4) is 0 Å². The summed E-state index contributed by atoms with van der Waals surface area (Å²) in [7, 11) is 0. The summed E-state index contributed by atoms with van der Waals surface area (Å²) in [5.41, 5.74) is 1.33. The Morgan fingerprint density at radius 1 is 1.33 bits per heavy atom. The number of halogens is 5. The van der Waals surface area contributed by atoms with Crippen molar-refractivity contribution in [3.05, 3.63) is 32.4 Å². The Labute approximate surface area is 139 Å². The molecule has 0 saturated carbocycles. The van der Waals surface area contributed by atoms with Crippen LogP contribution in [0.25, 0.3) is 0 Å². The Balaban J connectivity index is 0.000000270. The van der Waals surface area contributed by atoms with Gasteiger partial charge in [0, 0.05) is 3.57 Å². The molecular formula is C13H14ClF3INO2. The lowest BCUT2D eigenvalue weighted by atomic mass is 9.90. The van der Waals surface area contributed by atoms with Gasteiger partial charge in [0.15, 0.2) is 0 Å². The normalized spacial score (nSPS) is 16.0. The standard InChI is InChI=1S/C11H13ClIN.C2HF3O2/c12-11-9(2-1-3-10(11)13)8-4-6-14-7-5-8;3-2(4,5)1(6)7/h1-3,8,14H,4-7H2;(H,6,7). The molecule has 1 heterocycles. The molecule has 1 aromatic rings. The van der Waals surface area contributed by atoms with Gasteiger partial charge in [-0.05, 0) is 66.1 Å². The van der Waals surface area contributed by atoms with E-state index < -0.39 is 12.1 Å². The number of carbonyl (C=O) groups is 1. The summed E-state index contributed by atoms with van der Waals surface area (Å²) in [5.74, 6) is -2.11. The second-order valence-corrected chi connectivity index (χ2v) is 6.01. The lowest BCUT2D eigenvalue weighted by molar-refractivity contribution is -0.192. The molecule has 2 N–H and O–H groups in total. The van der Waals surface area contributed by atoms with Crippen LogP contribution in [0.15, 0.2) is 18.2 Å². The van der Waals surface area contributed by atoms with Crippen molar-refractivity contribution in [2.45, 2.75) is 24.9 Å². The third kappa shape index (κ3) is 5.99. The lowest BCUT2D eigenvalue weighted by Gasteiger charge is -2.24. The summed E-state index contributed by atoms with van der Waals surface area (Å²) in [5, 5.41) is 11.5. The minimum absolute atomic E-state index is 0.651. The molecule has 2 rings (SSSR count). The lowest BCUT2D eigenvalue weighted by Crippen LogP contribution is -2.26. The van der Waals surface area contributed by atoms with Crippen LogP contribution in [0.5, 0.6) is 0 Å². The molecule has 0 radical (unpaired) electrons.